The van der Waals surface area contributed by atoms with Gasteiger partial charge in [0, 0.05) is 18.0 Å². The monoisotopic (exact) mass is 204 g/mol. The number of nitrogens with zero attached hydrogens (tertiary/aromatic N) is 1. The Kier molecular flexibility index (Phi) is 2.33. The van der Waals surface area contributed by atoms with Crippen LogP contribution in [-0.4, -0.2) is 9.97 Å². The minimum atomic E-state index is -0.286. The summed E-state index contributed by atoms with van der Waals surface area (Å²) in [5.74, 6) is -0.286. The SMILES string of the molecule is Cc1cc(-c2ncc[nH]c2=O)ccc1F. The maximum Gasteiger partial charge on any atom is 0.274 e. The van der Waals surface area contributed by atoms with Crippen LogP contribution >= 0.6 is 0 Å². The van der Waals surface area contributed by atoms with Gasteiger partial charge in [-0.05, 0) is 30.7 Å². The second kappa shape index (κ2) is 3.65. The highest BCUT2D eigenvalue weighted by Gasteiger charge is 2.05. The Morgan fingerprint density at radius 2 is 2.20 bits per heavy atom. The molecule has 0 radical (unpaired) electrons. The summed E-state index contributed by atoms with van der Waals surface area (Å²) in [7, 11) is 0. The summed E-state index contributed by atoms with van der Waals surface area (Å²) < 4.78 is 13.0. The Morgan fingerprint density at radius 3 is 2.87 bits per heavy atom. The van der Waals surface area contributed by atoms with Crippen LogP contribution in [-0.2, 0) is 0 Å². The van der Waals surface area contributed by atoms with E-state index in [9.17, 15) is 9.18 Å². The first kappa shape index (κ1) is 9.58. The molecule has 2 rings (SSSR count). The zero-order chi connectivity index (χ0) is 10.8. The lowest BCUT2D eigenvalue weighted by Gasteiger charge is -2.01. The van der Waals surface area contributed by atoms with E-state index in [0.29, 0.717) is 16.8 Å². The first-order chi connectivity index (χ1) is 7.18. The van der Waals surface area contributed by atoms with Gasteiger partial charge in [0.2, 0.25) is 0 Å². The number of aryl methyl sites for hydroxylation is 1. The second-order valence-electron chi connectivity index (χ2n) is 3.23. The van der Waals surface area contributed by atoms with E-state index in [4.69, 9.17) is 0 Å². The lowest BCUT2D eigenvalue weighted by atomic mass is 10.1. The molecule has 0 aliphatic carbocycles. The summed E-state index contributed by atoms with van der Waals surface area (Å²) in [6.07, 6.45) is 2.96. The van der Waals surface area contributed by atoms with E-state index in [2.05, 4.69) is 9.97 Å². The lowest BCUT2D eigenvalue weighted by molar-refractivity contribution is 0.618. The average Bonchev–Trinajstić information content (AvgIpc) is 2.23. The van der Waals surface area contributed by atoms with Crippen LogP contribution in [0.15, 0.2) is 35.4 Å². The molecule has 0 saturated heterocycles. The van der Waals surface area contributed by atoms with Crippen molar-refractivity contribution in [3.63, 3.8) is 0 Å². The molecule has 0 atom stereocenters. The van der Waals surface area contributed by atoms with Crippen LogP contribution in [0.1, 0.15) is 5.56 Å². The summed E-state index contributed by atoms with van der Waals surface area (Å²) in [6.45, 7) is 1.65. The number of halogens is 1. The summed E-state index contributed by atoms with van der Waals surface area (Å²) >= 11 is 0. The fourth-order valence-electron chi connectivity index (χ4n) is 1.35. The largest absolute Gasteiger partial charge is 0.326 e. The van der Waals surface area contributed by atoms with Gasteiger partial charge < -0.3 is 4.98 Å². The van der Waals surface area contributed by atoms with E-state index in [-0.39, 0.29) is 11.4 Å². The van der Waals surface area contributed by atoms with E-state index in [0.717, 1.165) is 0 Å². The number of aromatic nitrogens is 2. The van der Waals surface area contributed by atoms with Gasteiger partial charge in [-0.25, -0.2) is 9.37 Å². The van der Waals surface area contributed by atoms with E-state index in [1.54, 1.807) is 19.1 Å². The number of hydrogen-bond acceptors (Lipinski definition) is 2. The number of H-pyrrole nitrogens is 1. The molecular formula is C11H9FN2O. The van der Waals surface area contributed by atoms with Crippen molar-refractivity contribution in [2.24, 2.45) is 0 Å². The van der Waals surface area contributed by atoms with Crippen LogP contribution < -0.4 is 5.56 Å². The highest BCUT2D eigenvalue weighted by Crippen LogP contribution is 2.16. The van der Waals surface area contributed by atoms with E-state index < -0.39 is 0 Å². The standard InChI is InChI=1S/C11H9FN2O/c1-7-6-8(2-3-9(7)12)10-11(15)14-5-4-13-10/h2-6H,1H3,(H,14,15). The van der Waals surface area contributed by atoms with Crippen LogP contribution in [0.4, 0.5) is 4.39 Å². The van der Waals surface area contributed by atoms with E-state index in [1.165, 1.54) is 18.5 Å². The van der Waals surface area contributed by atoms with Gasteiger partial charge in [0.1, 0.15) is 11.5 Å². The van der Waals surface area contributed by atoms with Gasteiger partial charge >= 0.3 is 0 Å². The van der Waals surface area contributed by atoms with Crippen LogP contribution in [0.25, 0.3) is 11.3 Å². The molecule has 15 heavy (non-hydrogen) atoms. The predicted molar refractivity (Wildman–Crippen MR) is 55.0 cm³/mol. The second-order valence-corrected chi connectivity index (χ2v) is 3.23. The first-order valence-corrected chi connectivity index (χ1v) is 4.48. The maximum atomic E-state index is 13.0. The molecule has 1 aromatic carbocycles. The van der Waals surface area contributed by atoms with Crippen molar-refractivity contribution in [3.8, 4) is 11.3 Å². The molecule has 0 aliphatic heterocycles. The Balaban J connectivity index is 2.60. The van der Waals surface area contributed by atoms with Gasteiger partial charge in [-0.2, -0.15) is 0 Å². The molecular weight excluding hydrogens is 195 g/mol. The Morgan fingerprint density at radius 1 is 1.40 bits per heavy atom. The molecule has 0 saturated carbocycles. The van der Waals surface area contributed by atoms with Gasteiger partial charge in [-0.3, -0.25) is 4.79 Å². The number of aromatic amines is 1. The van der Waals surface area contributed by atoms with Crippen molar-refractivity contribution < 1.29 is 4.39 Å². The van der Waals surface area contributed by atoms with Crippen molar-refractivity contribution in [3.05, 3.63) is 52.3 Å². The molecule has 1 N–H and O–H groups in total. The zero-order valence-electron chi connectivity index (χ0n) is 8.12. The Labute approximate surface area is 85.6 Å². The van der Waals surface area contributed by atoms with Crippen LogP contribution in [0.2, 0.25) is 0 Å². The fourth-order valence-corrected chi connectivity index (χ4v) is 1.35. The number of hydrogen-bond donors (Lipinski definition) is 1. The molecule has 0 unspecified atom stereocenters. The molecule has 1 heterocycles. The summed E-state index contributed by atoms with van der Waals surface area (Å²) in [6, 6.07) is 4.48. The van der Waals surface area contributed by atoms with Crippen molar-refractivity contribution in [2.45, 2.75) is 6.92 Å². The smallest absolute Gasteiger partial charge is 0.274 e. The molecule has 4 heteroatoms. The lowest BCUT2D eigenvalue weighted by Crippen LogP contribution is -2.09. The van der Waals surface area contributed by atoms with Crippen molar-refractivity contribution >= 4 is 0 Å². The topological polar surface area (TPSA) is 45.8 Å². The van der Waals surface area contributed by atoms with Crippen molar-refractivity contribution in [1.82, 2.24) is 9.97 Å². The third-order valence-corrected chi connectivity index (χ3v) is 2.14. The number of rotatable bonds is 1. The van der Waals surface area contributed by atoms with Gasteiger partial charge in [-0.1, -0.05) is 0 Å². The average molecular weight is 204 g/mol. The summed E-state index contributed by atoms with van der Waals surface area (Å²) in [5.41, 5.74) is 1.15. The highest BCUT2D eigenvalue weighted by atomic mass is 19.1. The number of benzene rings is 1. The van der Waals surface area contributed by atoms with Crippen molar-refractivity contribution in [1.29, 1.82) is 0 Å². The van der Waals surface area contributed by atoms with Crippen LogP contribution in [0, 0.1) is 12.7 Å². The molecule has 3 nitrogen and oxygen atoms in total. The number of nitrogens with one attached hydrogen (secondary N) is 1. The molecule has 0 bridgehead atoms. The maximum absolute atomic E-state index is 13.0. The summed E-state index contributed by atoms with van der Waals surface area (Å²) in [5, 5.41) is 0. The molecule has 2 aromatic rings. The van der Waals surface area contributed by atoms with Crippen molar-refractivity contribution in [2.75, 3.05) is 0 Å². The molecule has 0 amide bonds. The first-order valence-electron chi connectivity index (χ1n) is 4.48. The molecule has 76 valence electrons. The third kappa shape index (κ3) is 1.79. The van der Waals surface area contributed by atoms with Gasteiger partial charge in [0.15, 0.2) is 0 Å². The predicted octanol–water partition coefficient (Wildman–Crippen LogP) is 1.88. The van der Waals surface area contributed by atoms with Crippen LogP contribution in [0.5, 0.6) is 0 Å². The van der Waals surface area contributed by atoms with E-state index >= 15 is 0 Å². The summed E-state index contributed by atoms with van der Waals surface area (Å²) in [4.78, 5) is 17.9. The van der Waals surface area contributed by atoms with E-state index in [1.807, 2.05) is 0 Å². The minimum Gasteiger partial charge on any atom is -0.326 e. The Bertz CT molecular complexity index is 548. The molecule has 1 aromatic heterocycles. The fraction of sp³-hybridized carbons (Fsp3) is 0.0909. The highest BCUT2D eigenvalue weighted by molar-refractivity contribution is 5.58. The molecule has 0 fully saturated rings. The zero-order valence-corrected chi connectivity index (χ0v) is 8.12. The van der Waals surface area contributed by atoms with Gasteiger partial charge in [-0.15, -0.1) is 0 Å². The molecule has 0 aliphatic rings. The van der Waals surface area contributed by atoms with Gasteiger partial charge in [0.05, 0.1) is 0 Å². The minimum absolute atomic E-state index is 0.275. The quantitative estimate of drug-likeness (QED) is 0.770. The normalized spacial score (nSPS) is 10.3. The van der Waals surface area contributed by atoms with Crippen LogP contribution in [0.3, 0.4) is 0 Å². The molecule has 0 spiro atoms. The van der Waals surface area contributed by atoms with Gasteiger partial charge in [0.25, 0.3) is 5.56 Å². The third-order valence-electron chi connectivity index (χ3n) is 2.14. The Hall–Kier alpha value is -1.97.